The minimum absolute atomic E-state index is 0.0352. The summed E-state index contributed by atoms with van der Waals surface area (Å²) >= 11 is 0. The molecule has 2 aromatic heterocycles. The Morgan fingerprint density at radius 2 is 1.96 bits per heavy atom. The van der Waals surface area contributed by atoms with Gasteiger partial charge in [-0.3, -0.25) is 4.79 Å². The summed E-state index contributed by atoms with van der Waals surface area (Å²) in [4.78, 5) is 18.3. The number of oxazole rings is 1. The van der Waals surface area contributed by atoms with Crippen molar-refractivity contribution in [3.8, 4) is 11.5 Å². The van der Waals surface area contributed by atoms with Crippen LogP contribution < -0.4 is 0 Å². The summed E-state index contributed by atoms with van der Waals surface area (Å²) in [6.07, 6.45) is 1.73. The minimum Gasteiger partial charge on any atom is -0.464 e. The molecule has 0 bridgehead atoms. The lowest BCUT2D eigenvalue weighted by Crippen LogP contribution is -2.27. The number of carbonyl (C=O) groups excluding carboxylic acids is 1. The highest BCUT2D eigenvalue weighted by Gasteiger charge is 2.15. The maximum absolute atomic E-state index is 12.3. The van der Waals surface area contributed by atoms with Crippen molar-refractivity contribution in [3.63, 3.8) is 0 Å². The van der Waals surface area contributed by atoms with E-state index in [-0.39, 0.29) is 12.3 Å². The number of hydrogen-bond acceptors (Lipinski definition) is 4. The van der Waals surface area contributed by atoms with Gasteiger partial charge in [0.25, 0.3) is 0 Å². The summed E-state index contributed by atoms with van der Waals surface area (Å²) in [6.45, 7) is 2.32. The molecule has 2 heterocycles. The van der Waals surface area contributed by atoms with Crippen LogP contribution in [0.5, 0.6) is 0 Å². The smallest absolute Gasteiger partial charge is 0.228 e. The maximum Gasteiger partial charge on any atom is 0.228 e. The summed E-state index contributed by atoms with van der Waals surface area (Å²) in [5.74, 6) is 2.10. The summed E-state index contributed by atoms with van der Waals surface area (Å²) < 4.78 is 10.9. The molecule has 0 aliphatic rings. The average Bonchev–Trinajstić information content (AvgIpc) is 3.17. The van der Waals surface area contributed by atoms with Gasteiger partial charge in [-0.15, -0.1) is 0 Å². The zero-order valence-electron chi connectivity index (χ0n) is 13.2. The summed E-state index contributed by atoms with van der Waals surface area (Å²) in [5.41, 5.74) is 1.52. The number of nitrogens with zero attached hydrogens (tertiary/aromatic N) is 2. The van der Waals surface area contributed by atoms with Gasteiger partial charge in [-0.2, -0.15) is 0 Å². The Bertz CT molecular complexity index is 789. The number of benzene rings is 1. The Hall–Kier alpha value is -2.82. The number of aryl methyl sites for hydroxylation is 1. The molecule has 3 rings (SSSR count). The highest BCUT2D eigenvalue weighted by atomic mass is 16.3. The van der Waals surface area contributed by atoms with Crippen LogP contribution in [-0.2, 0) is 17.8 Å². The first-order chi connectivity index (χ1) is 11.1. The Kier molecular flexibility index (Phi) is 4.28. The van der Waals surface area contributed by atoms with Crippen molar-refractivity contribution < 1.29 is 13.6 Å². The molecule has 0 saturated heterocycles. The van der Waals surface area contributed by atoms with Crippen LogP contribution in [0.3, 0.4) is 0 Å². The third-order valence-corrected chi connectivity index (χ3v) is 3.52. The largest absolute Gasteiger partial charge is 0.464 e. The van der Waals surface area contributed by atoms with E-state index in [4.69, 9.17) is 8.83 Å². The third-order valence-electron chi connectivity index (χ3n) is 3.52. The van der Waals surface area contributed by atoms with E-state index in [0.717, 1.165) is 17.1 Å². The van der Waals surface area contributed by atoms with Crippen molar-refractivity contribution >= 4 is 5.91 Å². The van der Waals surface area contributed by atoms with E-state index >= 15 is 0 Å². The molecule has 0 N–H and O–H groups in total. The second-order valence-corrected chi connectivity index (χ2v) is 5.45. The molecule has 0 aliphatic heterocycles. The molecule has 1 amide bonds. The monoisotopic (exact) mass is 310 g/mol. The lowest BCUT2D eigenvalue weighted by Gasteiger charge is -2.14. The number of furan rings is 1. The molecule has 0 fully saturated rings. The number of amides is 1. The lowest BCUT2D eigenvalue weighted by atomic mass is 10.2. The van der Waals surface area contributed by atoms with Gasteiger partial charge < -0.3 is 13.7 Å². The fourth-order valence-corrected chi connectivity index (χ4v) is 2.28. The van der Waals surface area contributed by atoms with Crippen molar-refractivity contribution in [2.75, 3.05) is 7.05 Å². The van der Waals surface area contributed by atoms with Crippen LogP contribution >= 0.6 is 0 Å². The van der Waals surface area contributed by atoms with Gasteiger partial charge in [0.1, 0.15) is 17.8 Å². The number of likely N-dealkylation sites (N-methyl/N-ethyl adjacent to an activating group) is 1. The van der Waals surface area contributed by atoms with Crippen molar-refractivity contribution in [1.82, 2.24) is 9.88 Å². The standard InChI is InChI=1S/C18H18N2O3/c1-13-8-9-16(23-13)11-20(2)17(21)10-15-12-22-18(19-15)14-6-4-3-5-7-14/h3-9,12H,10-11H2,1-2H3. The Morgan fingerprint density at radius 1 is 1.17 bits per heavy atom. The summed E-state index contributed by atoms with van der Waals surface area (Å²) in [5, 5.41) is 0. The molecular weight excluding hydrogens is 292 g/mol. The first-order valence-electron chi connectivity index (χ1n) is 7.41. The summed E-state index contributed by atoms with van der Waals surface area (Å²) in [6, 6.07) is 13.4. The van der Waals surface area contributed by atoms with Crippen LogP contribution in [0.2, 0.25) is 0 Å². The molecule has 0 spiro atoms. The zero-order valence-corrected chi connectivity index (χ0v) is 13.2. The van der Waals surface area contributed by atoms with Gasteiger partial charge >= 0.3 is 0 Å². The van der Waals surface area contributed by atoms with E-state index in [0.29, 0.717) is 18.1 Å². The Labute approximate surface area is 134 Å². The Morgan fingerprint density at radius 3 is 2.65 bits per heavy atom. The fourth-order valence-electron chi connectivity index (χ4n) is 2.28. The predicted molar refractivity (Wildman–Crippen MR) is 85.6 cm³/mol. The van der Waals surface area contributed by atoms with E-state index in [2.05, 4.69) is 4.98 Å². The molecule has 5 nitrogen and oxygen atoms in total. The minimum atomic E-state index is -0.0352. The fraction of sp³-hybridized carbons (Fsp3) is 0.222. The quantitative estimate of drug-likeness (QED) is 0.724. The van der Waals surface area contributed by atoms with Gasteiger partial charge in [-0.1, -0.05) is 18.2 Å². The molecule has 5 heteroatoms. The van der Waals surface area contributed by atoms with Crippen LogP contribution in [0.4, 0.5) is 0 Å². The highest BCUT2D eigenvalue weighted by Crippen LogP contribution is 2.18. The predicted octanol–water partition coefficient (Wildman–Crippen LogP) is 3.44. The SMILES string of the molecule is Cc1ccc(CN(C)C(=O)Cc2coc(-c3ccccc3)n2)o1. The lowest BCUT2D eigenvalue weighted by molar-refractivity contribution is -0.130. The normalized spacial score (nSPS) is 10.7. The second-order valence-electron chi connectivity index (χ2n) is 5.45. The van der Waals surface area contributed by atoms with Crippen molar-refractivity contribution in [2.45, 2.75) is 19.9 Å². The molecule has 1 aromatic carbocycles. The molecule has 23 heavy (non-hydrogen) atoms. The topological polar surface area (TPSA) is 59.5 Å². The summed E-state index contributed by atoms with van der Waals surface area (Å²) in [7, 11) is 1.75. The molecule has 3 aromatic rings. The number of aromatic nitrogens is 1. The van der Waals surface area contributed by atoms with Gasteiger partial charge in [-0.05, 0) is 31.2 Å². The second kappa shape index (κ2) is 6.52. The van der Waals surface area contributed by atoms with E-state index in [1.165, 1.54) is 6.26 Å². The molecule has 0 unspecified atom stereocenters. The van der Waals surface area contributed by atoms with Crippen molar-refractivity contribution in [2.24, 2.45) is 0 Å². The molecule has 0 radical (unpaired) electrons. The first-order valence-corrected chi connectivity index (χ1v) is 7.41. The van der Waals surface area contributed by atoms with Crippen molar-refractivity contribution in [3.05, 3.63) is 65.9 Å². The number of carbonyl (C=O) groups is 1. The van der Waals surface area contributed by atoms with Gasteiger partial charge in [-0.25, -0.2) is 4.98 Å². The van der Waals surface area contributed by atoms with Crippen LogP contribution in [-0.4, -0.2) is 22.8 Å². The molecule has 0 atom stereocenters. The van der Waals surface area contributed by atoms with Gasteiger partial charge in [0.05, 0.1) is 18.7 Å². The number of hydrogen-bond donors (Lipinski definition) is 0. The highest BCUT2D eigenvalue weighted by molar-refractivity contribution is 5.78. The average molecular weight is 310 g/mol. The molecule has 118 valence electrons. The third kappa shape index (κ3) is 3.69. The van der Waals surface area contributed by atoms with Crippen LogP contribution in [0, 0.1) is 6.92 Å². The molecular formula is C18H18N2O3. The van der Waals surface area contributed by atoms with E-state index < -0.39 is 0 Å². The van der Waals surface area contributed by atoms with E-state index in [9.17, 15) is 4.79 Å². The van der Waals surface area contributed by atoms with Gasteiger partial charge in [0, 0.05) is 12.6 Å². The molecule has 0 saturated carbocycles. The Balaban J connectivity index is 1.63. The van der Waals surface area contributed by atoms with Crippen LogP contribution in [0.15, 0.2) is 57.6 Å². The van der Waals surface area contributed by atoms with Crippen LogP contribution in [0.25, 0.3) is 11.5 Å². The number of rotatable bonds is 5. The van der Waals surface area contributed by atoms with Gasteiger partial charge in [0.15, 0.2) is 0 Å². The van der Waals surface area contributed by atoms with Crippen LogP contribution in [0.1, 0.15) is 17.2 Å². The maximum atomic E-state index is 12.3. The van der Waals surface area contributed by atoms with E-state index in [1.54, 1.807) is 11.9 Å². The first kappa shape index (κ1) is 15.1. The van der Waals surface area contributed by atoms with E-state index in [1.807, 2.05) is 49.4 Å². The molecule has 0 aliphatic carbocycles. The van der Waals surface area contributed by atoms with Gasteiger partial charge in [0.2, 0.25) is 11.8 Å². The van der Waals surface area contributed by atoms with Crippen molar-refractivity contribution in [1.29, 1.82) is 0 Å². The zero-order chi connectivity index (χ0) is 16.2.